The van der Waals surface area contributed by atoms with E-state index in [-0.39, 0.29) is 0 Å². The topological polar surface area (TPSA) is 30.5 Å². The molecule has 118 valence electrons. The fourth-order valence-electron chi connectivity index (χ4n) is 2.14. The number of benzene rings is 2. The Kier molecular flexibility index (Phi) is 6.73. The van der Waals surface area contributed by atoms with Crippen LogP contribution in [-0.2, 0) is 13.1 Å². The summed E-state index contributed by atoms with van der Waals surface area (Å²) in [6.07, 6.45) is 0. The lowest BCUT2D eigenvalue weighted by Gasteiger charge is -2.14. The van der Waals surface area contributed by atoms with Crippen LogP contribution in [-0.4, -0.2) is 13.7 Å². The zero-order valence-electron chi connectivity index (χ0n) is 12.7. The Morgan fingerprint density at radius 2 is 1.77 bits per heavy atom. The molecule has 5 heteroatoms. The van der Waals surface area contributed by atoms with Gasteiger partial charge < -0.3 is 14.8 Å². The molecular formula is C17H19Br2NO2. The van der Waals surface area contributed by atoms with Gasteiger partial charge >= 0.3 is 0 Å². The molecule has 0 spiro atoms. The Morgan fingerprint density at radius 3 is 2.41 bits per heavy atom. The summed E-state index contributed by atoms with van der Waals surface area (Å²) < 4.78 is 12.9. The van der Waals surface area contributed by atoms with Crippen LogP contribution in [0.4, 0.5) is 0 Å². The molecule has 0 saturated heterocycles. The third kappa shape index (κ3) is 4.73. The van der Waals surface area contributed by atoms with Gasteiger partial charge in [0, 0.05) is 23.1 Å². The van der Waals surface area contributed by atoms with Crippen molar-refractivity contribution in [3.8, 4) is 11.5 Å². The molecule has 0 aliphatic rings. The van der Waals surface area contributed by atoms with Gasteiger partial charge in [-0.05, 0) is 52.7 Å². The molecule has 0 saturated carbocycles. The Labute approximate surface area is 148 Å². The molecule has 0 aromatic heterocycles. The summed E-state index contributed by atoms with van der Waals surface area (Å²) in [4.78, 5) is 0. The maximum absolute atomic E-state index is 5.73. The van der Waals surface area contributed by atoms with E-state index in [1.165, 1.54) is 5.56 Å². The third-order valence-corrected chi connectivity index (χ3v) is 4.22. The van der Waals surface area contributed by atoms with Gasteiger partial charge in [0.25, 0.3) is 0 Å². The molecular weight excluding hydrogens is 410 g/mol. The van der Waals surface area contributed by atoms with Gasteiger partial charge in [0.2, 0.25) is 0 Å². The quantitative estimate of drug-likeness (QED) is 0.679. The van der Waals surface area contributed by atoms with Gasteiger partial charge in [-0.15, -0.1) is 0 Å². The first-order valence-electron chi connectivity index (χ1n) is 7.08. The highest BCUT2D eigenvalue weighted by Crippen LogP contribution is 2.33. The molecule has 0 heterocycles. The van der Waals surface area contributed by atoms with Crippen LogP contribution in [0.25, 0.3) is 0 Å². The molecule has 3 nitrogen and oxygen atoms in total. The van der Waals surface area contributed by atoms with Crippen LogP contribution in [0.2, 0.25) is 0 Å². The number of nitrogens with one attached hydrogen (secondary N) is 1. The minimum absolute atomic E-state index is 0.645. The zero-order chi connectivity index (χ0) is 15.9. The Bertz CT molecular complexity index is 615. The second kappa shape index (κ2) is 8.56. The van der Waals surface area contributed by atoms with Crippen LogP contribution in [0.3, 0.4) is 0 Å². The van der Waals surface area contributed by atoms with Gasteiger partial charge in [-0.2, -0.15) is 0 Å². The first-order valence-corrected chi connectivity index (χ1v) is 8.67. The maximum Gasteiger partial charge on any atom is 0.138 e. The van der Waals surface area contributed by atoms with Crippen molar-refractivity contribution in [2.45, 2.75) is 20.0 Å². The van der Waals surface area contributed by atoms with Crippen molar-refractivity contribution in [3.05, 3.63) is 56.5 Å². The lowest BCUT2D eigenvalue weighted by molar-refractivity contribution is 0.333. The molecule has 22 heavy (non-hydrogen) atoms. The van der Waals surface area contributed by atoms with E-state index in [2.05, 4.69) is 55.4 Å². The summed E-state index contributed by atoms with van der Waals surface area (Å²) in [5.74, 6) is 1.77. The SMILES string of the molecule is CCOc1c(Br)cc(Br)cc1CNCc1ccc(OC)cc1. The van der Waals surface area contributed by atoms with Gasteiger partial charge in [0.05, 0.1) is 18.2 Å². The van der Waals surface area contributed by atoms with Gasteiger partial charge in [-0.25, -0.2) is 0 Å². The second-order valence-corrected chi connectivity index (χ2v) is 6.53. The van der Waals surface area contributed by atoms with E-state index in [1.807, 2.05) is 25.1 Å². The number of rotatable bonds is 7. The average Bonchev–Trinajstić information content (AvgIpc) is 2.51. The van der Waals surface area contributed by atoms with Crippen molar-refractivity contribution >= 4 is 31.9 Å². The largest absolute Gasteiger partial charge is 0.497 e. The Balaban J connectivity index is 2.01. The monoisotopic (exact) mass is 427 g/mol. The number of hydrogen-bond donors (Lipinski definition) is 1. The van der Waals surface area contributed by atoms with Crippen LogP contribution in [0, 0.1) is 0 Å². The minimum Gasteiger partial charge on any atom is -0.497 e. The lowest BCUT2D eigenvalue weighted by Crippen LogP contribution is -2.14. The smallest absolute Gasteiger partial charge is 0.138 e. The summed E-state index contributed by atoms with van der Waals surface area (Å²) >= 11 is 7.08. The number of ether oxygens (including phenoxy) is 2. The molecule has 0 aliphatic heterocycles. The number of methoxy groups -OCH3 is 1. The highest BCUT2D eigenvalue weighted by molar-refractivity contribution is 9.11. The van der Waals surface area contributed by atoms with Crippen LogP contribution in [0.1, 0.15) is 18.1 Å². The summed E-state index contributed by atoms with van der Waals surface area (Å²) in [6, 6.07) is 12.1. The lowest BCUT2D eigenvalue weighted by atomic mass is 10.2. The van der Waals surface area contributed by atoms with Gasteiger partial charge in [0.1, 0.15) is 11.5 Å². The highest BCUT2D eigenvalue weighted by Gasteiger charge is 2.09. The summed E-state index contributed by atoms with van der Waals surface area (Å²) in [5, 5.41) is 3.45. The van der Waals surface area contributed by atoms with Crippen molar-refractivity contribution < 1.29 is 9.47 Å². The molecule has 0 amide bonds. The van der Waals surface area contributed by atoms with E-state index in [1.54, 1.807) is 7.11 Å². The summed E-state index contributed by atoms with van der Waals surface area (Å²) in [5.41, 5.74) is 2.34. The maximum atomic E-state index is 5.73. The molecule has 0 atom stereocenters. The van der Waals surface area contributed by atoms with E-state index in [4.69, 9.17) is 9.47 Å². The van der Waals surface area contributed by atoms with Gasteiger partial charge in [-0.3, -0.25) is 0 Å². The van der Waals surface area contributed by atoms with Crippen molar-refractivity contribution in [3.63, 3.8) is 0 Å². The van der Waals surface area contributed by atoms with Crippen LogP contribution in [0.5, 0.6) is 11.5 Å². The van der Waals surface area contributed by atoms with E-state index < -0.39 is 0 Å². The van der Waals surface area contributed by atoms with Crippen LogP contribution >= 0.6 is 31.9 Å². The van der Waals surface area contributed by atoms with Crippen molar-refractivity contribution in [1.29, 1.82) is 0 Å². The van der Waals surface area contributed by atoms with Crippen LogP contribution < -0.4 is 14.8 Å². The second-order valence-electron chi connectivity index (χ2n) is 4.76. The normalized spacial score (nSPS) is 10.5. The molecule has 2 rings (SSSR count). The predicted octanol–water partition coefficient (Wildman–Crippen LogP) is 4.91. The van der Waals surface area contributed by atoms with Gasteiger partial charge in [-0.1, -0.05) is 28.1 Å². The molecule has 0 aliphatic carbocycles. The first kappa shape index (κ1) is 17.3. The van der Waals surface area contributed by atoms with Crippen molar-refractivity contribution in [2.24, 2.45) is 0 Å². The Hall–Kier alpha value is -1.04. The average molecular weight is 429 g/mol. The molecule has 0 bridgehead atoms. The van der Waals surface area contributed by atoms with E-state index in [0.717, 1.165) is 39.1 Å². The number of hydrogen-bond acceptors (Lipinski definition) is 3. The molecule has 2 aromatic rings. The predicted molar refractivity (Wildman–Crippen MR) is 96.5 cm³/mol. The Morgan fingerprint density at radius 1 is 1.05 bits per heavy atom. The van der Waals surface area contributed by atoms with Crippen LogP contribution in [0.15, 0.2) is 45.3 Å². The molecule has 0 radical (unpaired) electrons. The molecule has 0 unspecified atom stereocenters. The fourth-order valence-corrected chi connectivity index (χ4v) is 3.56. The number of halogens is 2. The van der Waals surface area contributed by atoms with Crippen molar-refractivity contribution in [2.75, 3.05) is 13.7 Å². The fraction of sp³-hybridized carbons (Fsp3) is 0.294. The highest BCUT2D eigenvalue weighted by atomic mass is 79.9. The van der Waals surface area contributed by atoms with E-state index >= 15 is 0 Å². The van der Waals surface area contributed by atoms with E-state index in [9.17, 15) is 0 Å². The molecule has 2 aromatic carbocycles. The zero-order valence-corrected chi connectivity index (χ0v) is 15.8. The minimum atomic E-state index is 0.645. The van der Waals surface area contributed by atoms with E-state index in [0.29, 0.717) is 6.61 Å². The molecule has 0 fully saturated rings. The summed E-state index contributed by atoms with van der Waals surface area (Å²) in [7, 11) is 1.67. The standard InChI is InChI=1S/C17H19Br2NO2/c1-3-22-17-13(8-14(18)9-16(17)19)11-20-10-12-4-6-15(21-2)7-5-12/h4-9,20H,3,10-11H2,1-2H3. The molecule has 1 N–H and O–H groups in total. The van der Waals surface area contributed by atoms with Crippen molar-refractivity contribution in [1.82, 2.24) is 5.32 Å². The summed E-state index contributed by atoms with van der Waals surface area (Å²) in [6.45, 7) is 4.16. The third-order valence-electron chi connectivity index (χ3n) is 3.18. The first-order chi connectivity index (χ1) is 10.6. The van der Waals surface area contributed by atoms with Gasteiger partial charge in [0.15, 0.2) is 0 Å².